The van der Waals surface area contributed by atoms with Crippen LogP contribution in [0.3, 0.4) is 0 Å². The van der Waals surface area contributed by atoms with Gasteiger partial charge in [0, 0.05) is 5.56 Å². The molecule has 0 amide bonds. The fourth-order valence-corrected chi connectivity index (χ4v) is 2.02. The van der Waals surface area contributed by atoms with Crippen LogP contribution in [-0.2, 0) is 0 Å². The van der Waals surface area contributed by atoms with E-state index in [1.807, 2.05) is 31.2 Å². The SMILES string of the molecule is CNC(c1ccc(C)cc1)c1c(F)cccc1F. The first-order valence-electron chi connectivity index (χ1n) is 5.81. The fourth-order valence-electron chi connectivity index (χ4n) is 2.02. The van der Waals surface area contributed by atoms with Gasteiger partial charge < -0.3 is 5.32 Å². The Hall–Kier alpha value is -1.74. The molecule has 0 aromatic heterocycles. The van der Waals surface area contributed by atoms with Crippen molar-refractivity contribution in [1.29, 1.82) is 0 Å². The molecular weight excluding hydrogens is 232 g/mol. The lowest BCUT2D eigenvalue weighted by Gasteiger charge is -2.18. The van der Waals surface area contributed by atoms with Crippen LogP contribution in [0.25, 0.3) is 0 Å². The van der Waals surface area contributed by atoms with E-state index in [1.165, 1.54) is 18.2 Å². The van der Waals surface area contributed by atoms with Crippen molar-refractivity contribution in [1.82, 2.24) is 5.32 Å². The molecule has 94 valence electrons. The molecule has 0 fully saturated rings. The maximum absolute atomic E-state index is 13.8. The molecule has 1 atom stereocenters. The predicted molar refractivity (Wildman–Crippen MR) is 68.4 cm³/mol. The third kappa shape index (κ3) is 2.41. The van der Waals surface area contributed by atoms with Crippen molar-refractivity contribution in [2.75, 3.05) is 7.05 Å². The molecule has 0 radical (unpaired) electrons. The van der Waals surface area contributed by atoms with Crippen LogP contribution in [0.4, 0.5) is 8.78 Å². The second kappa shape index (κ2) is 5.27. The van der Waals surface area contributed by atoms with Crippen LogP contribution in [-0.4, -0.2) is 7.05 Å². The van der Waals surface area contributed by atoms with E-state index in [9.17, 15) is 8.78 Å². The second-order valence-corrected chi connectivity index (χ2v) is 4.27. The summed E-state index contributed by atoms with van der Waals surface area (Å²) < 4.78 is 27.5. The van der Waals surface area contributed by atoms with Gasteiger partial charge in [0.25, 0.3) is 0 Å². The minimum Gasteiger partial charge on any atom is -0.309 e. The van der Waals surface area contributed by atoms with E-state index < -0.39 is 17.7 Å². The van der Waals surface area contributed by atoms with E-state index in [-0.39, 0.29) is 5.56 Å². The molecule has 0 bridgehead atoms. The van der Waals surface area contributed by atoms with Crippen LogP contribution in [0, 0.1) is 18.6 Å². The summed E-state index contributed by atoms with van der Waals surface area (Å²) >= 11 is 0. The van der Waals surface area contributed by atoms with Crippen LogP contribution in [0.15, 0.2) is 42.5 Å². The largest absolute Gasteiger partial charge is 0.309 e. The van der Waals surface area contributed by atoms with Crippen LogP contribution >= 0.6 is 0 Å². The van der Waals surface area contributed by atoms with E-state index in [2.05, 4.69) is 5.32 Å². The predicted octanol–water partition coefficient (Wildman–Crippen LogP) is 3.58. The van der Waals surface area contributed by atoms with Gasteiger partial charge in [0.1, 0.15) is 11.6 Å². The van der Waals surface area contributed by atoms with Crippen LogP contribution in [0.2, 0.25) is 0 Å². The molecule has 2 rings (SSSR count). The van der Waals surface area contributed by atoms with Gasteiger partial charge in [-0.2, -0.15) is 0 Å². The van der Waals surface area contributed by atoms with E-state index >= 15 is 0 Å². The molecule has 2 aromatic carbocycles. The lowest BCUT2D eigenvalue weighted by Crippen LogP contribution is -2.20. The normalized spacial score (nSPS) is 12.4. The molecule has 2 aromatic rings. The van der Waals surface area contributed by atoms with E-state index in [1.54, 1.807) is 7.05 Å². The topological polar surface area (TPSA) is 12.0 Å². The third-order valence-corrected chi connectivity index (χ3v) is 2.99. The highest BCUT2D eigenvalue weighted by Crippen LogP contribution is 2.26. The van der Waals surface area contributed by atoms with E-state index in [0.717, 1.165) is 11.1 Å². The molecule has 0 saturated carbocycles. The lowest BCUT2D eigenvalue weighted by molar-refractivity contribution is 0.522. The summed E-state index contributed by atoms with van der Waals surface area (Å²) in [5.74, 6) is -1.06. The van der Waals surface area contributed by atoms with Gasteiger partial charge in [-0.25, -0.2) is 8.78 Å². The first kappa shape index (κ1) is 12.7. The molecule has 0 aliphatic rings. The van der Waals surface area contributed by atoms with Crippen molar-refractivity contribution >= 4 is 0 Å². The molecule has 0 aliphatic heterocycles. The summed E-state index contributed by atoms with van der Waals surface area (Å²) in [4.78, 5) is 0. The molecule has 0 heterocycles. The van der Waals surface area contributed by atoms with Crippen LogP contribution in [0.1, 0.15) is 22.7 Å². The standard InChI is InChI=1S/C15H15F2N/c1-10-6-8-11(9-7-10)15(18-2)14-12(16)4-3-5-13(14)17/h3-9,15,18H,1-2H3. The zero-order chi connectivity index (χ0) is 13.1. The van der Waals surface area contributed by atoms with Gasteiger partial charge in [0.05, 0.1) is 6.04 Å². The Morgan fingerprint density at radius 1 is 0.944 bits per heavy atom. The van der Waals surface area contributed by atoms with E-state index in [0.29, 0.717) is 0 Å². The van der Waals surface area contributed by atoms with Gasteiger partial charge in [-0.15, -0.1) is 0 Å². The summed E-state index contributed by atoms with van der Waals surface area (Å²) in [5.41, 5.74) is 2.01. The highest BCUT2D eigenvalue weighted by molar-refractivity contribution is 5.34. The number of nitrogens with one attached hydrogen (secondary N) is 1. The van der Waals surface area contributed by atoms with Gasteiger partial charge in [-0.05, 0) is 31.7 Å². The number of hydrogen-bond acceptors (Lipinski definition) is 1. The minimum absolute atomic E-state index is 0.0591. The molecular formula is C15H15F2N. The Labute approximate surface area is 105 Å². The summed E-state index contributed by atoms with van der Waals surface area (Å²) in [6.07, 6.45) is 0. The fraction of sp³-hybridized carbons (Fsp3) is 0.200. The maximum Gasteiger partial charge on any atom is 0.131 e. The Bertz CT molecular complexity index is 514. The van der Waals surface area contributed by atoms with Gasteiger partial charge in [-0.3, -0.25) is 0 Å². The van der Waals surface area contributed by atoms with Crippen LogP contribution < -0.4 is 5.32 Å². The van der Waals surface area contributed by atoms with Gasteiger partial charge in [-0.1, -0.05) is 35.9 Å². The average Bonchev–Trinajstić information content (AvgIpc) is 2.35. The highest BCUT2D eigenvalue weighted by Gasteiger charge is 2.19. The molecule has 0 spiro atoms. The number of benzene rings is 2. The van der Waals surface area contributed by atoms with Crippen molar-refractivity contribution < 1.29 is 8.78 Å². The number of hydrogen-bond donors (Lipinski definition) is 1. The van der Waals surface area contributed by atoms with E-state index in [4.69, 9.17) is 0 Å². The molecule has 18 heavy (non-hydrogen) atoms. The van der Waals surface area contributed by atoms with Crippen molar-refractivity contribution in [3.63, 3.8) is 0 Å². The minimum atomic E-state index is -0.532. The smallest absolute Gasteiger partial charge is 0.131 e. The number of halogens is 2. The summed E-state index contributed by atoms with van der Waals surface area (Å²) in [7, 11) is 1.69. The van der Waals surface area contributed by atoms with Crippen molar-refractivity contribution in [2.45, 2.75) is 13.0 Å². The monoisotopic (exact) mass is 247 g/mol. The Kier molecular flexibility index (Phi) is 3.72. The lowest BCUT2D eigenvalue weighted by atomic mass is 9.97. The quantitative estimate of drug-likeness (QED) is 0.874. The molecule has 3 heteroatoms. The Morgan fingerprint density at radius 3 is 2.00 bits per heavy atom. The van der Waals surface area contributed by atoms with Crippen LogP contribution in [0.5, 0.6) is 0 Å². The molecule has 1 unspecified atom stereocenters. The number of aryl methyl sites for hydroxylation is 1. The van der Waals surface area contributed by atoms with Crippen molar-refractivity contribution in [3.8, 4) is 0 Å². The summed E-state index contributed by atoms with van der Waals surface area (Å²) in [5, 5.41) is 2.96. The van der Waals surface area contributed by atoms with Gasteiger partial charge >= 0.3 is 0 Å². The zero-order valence-corrected chi connectivity index (χ0v) is 10.4. The summed E-state index contributed by atoms with van der Waals surface area (Å²) in [6.45, 7) is 1.97. The first-order valence-corrected chi connectivity index (χ1v) is 5.81. The second-order valence-electron chi connectivity index (χ2n) is 4.27. The van der Waals surface area contributed by atoms with Gasteiger partial charge in [0.15, 0.2) is 0 Å². The Morgan fingerprint density at radius 2 is 1.50 bits per heavy atom. The molecule has 0 aliphatic carbocycles. The Balaban J connectivity index is 2.48. The molecule has 1 nitrogen and oxygen atoms in total. The molecule has 0 saturated heterocycles. The highest BCUT2D eigenvalue weighted by atomic mass is 19.1. The molecule has 1 N–H and O–H groups in total. The van der Waals surface area contributed by atoms with Crippen molar-refractivity contribution in [3.05, 3.63) is 70.8 Å². The maximum atomic E-state index is 13.8. The zero-order valence-electron chi connectivity index (χ0n) is 10.4. The first-order chi connectivity index (χ1) is 8.63. The average molecular weight is 247 g/mol. The third-order valence-electron chi connectivity index (χ3n) is 2.99. The van der Waals surface area contributed by atoms with Gasteiger partial charge in [0.2, 0.25) is 0 Å². The summed E-state index contributed by atoms with van der Waals surface area (Å²) in [6, 6.07) is 11.1. The number of rotatable bonds is 3. The van der Waals surface area contributed by atoms with Crippen molar-refractivity contribution in [2.24, 2.45) is 0 Å².